The summed E-state index contributed by atoms with van der Waals surface area (Å²) in [4.78, 5) is 0. The highest BCUT2D eigenvalue weighted by atomic mass is 19.4. The van der Waals surface area contributed by atoms with Gasteiger partial charge in [0.05, 0.1) is 19.6 Å². The molecule has 0 aliphatic carbocycles. The summed E-state index contributed by atoms with van der Waals surface area (Å²) in [5.74, 6) is 1.30. The molecule has 0 aromatic heterocycles. The van der Waals surface area contributed by atoms with Gasteiger partial charge < -0.3 is 14.8 Å². The van der Waals surface area contributed by atoms with Crippen LogP contribution in [0.1, 0.15) is 18.4 Å². The molecular formula is C13H16F3NO2. The lowest BCUT2D eigenvalue weighted by Gasteiger charge is -2.13. The van der Waals surface area contributed by atoms with Crippen molar-refractivity contribution < 1.29 is 22.6 Å². The molecule has 6 heteroatoms. The number of hydrogen-bond donors (Lipinski definition) is 1. The largest absolute Gasteiger partial charge is 0.490 e. The smallest absolute Gasteiger partial charge is 0.390 e. The fourth-order valence-electron chi connectivity index (χ4n) is 1.85. The molecule has 0 radical (unpaired) electrons. The molecule has 2 rings (SSSR count). The van der Waals surface area contributed by atoms with Gasteiger partial charge in [0, 0.05) is 25.1 Å². The summed E-state index contributed by atoms with van der Waals surface area (Å²) in [7, 11) is 0. The van der Waals surface area contributed by atoms with Crippen molar-refractivity contribution >= 4 is 0 Å². The van der Waals surface area contributed by atoms with E-state index in [1.165, 1.54) is 0 Å². The Balaban J connectivity index is 1.93. The fraction of sp³-hybridized carbons (Fsp3) is 0.538. The molecule has 0 bridgehead atoms. The number of nitrogens with one attached hydrogen (secondary N) is 1. The summed E-state index contributed by atoms with van der Waals surface area (Å²) >= 11 is 0. The van der Waals surface area contributed by atoms with Gasteiger partial charge in [0.15, 0.2) is 11.5 Å². The van der Waals surface area contributed by atoms with Gasteiger partial charge in [-0.05, 0) is 6.07 Å². The van der Waals surface area contributed by atoms with Crippen molar-refractivity contribution in [3.8, 4) is 11.5 Å². The Morgan fingerprint density at radius 1 is 1.16 bits per heavy atom. The highest BCUT2D eigenvalue weighted by Gasteiger charge is 2.26. The van der Waals surface area contributed by atoms with E-state index in [-0.39, 0.29) is 6.54 Å². The summed E-state index contributed by atoms with van der Waals surface area (Å²) in [6.45, 7) is 1.39. The lowest BCUT2D eigenvalue weighted by atomic mass is 10.2. The lowest BCUT2D eigenvalue weighted by Crippen LogP contribution is -2.21. The zero-order chi connectivity index (χ0) is 13.7. The van der Waals surface area contributed by atoms with E-state index in [1.807, 2.05) is 12.1 Å². The van der Waals surface area contributed by atoms with Gasteiger partial charge in [0.2, 0.25) is 0 Å². The average molecular weight is 275 g/mol. The van der Waals surface area contributed by atoms with Crippen LogP contribution in [-0.4, -0.2) is 25.9 Å². The van der Waals surface area contributed by atoms with E-state index in [0.29, 0.717) is 31.3 Å². The molecule has 0 spiro atoms. The minimum atomic E-state index is -4.12. The van der Waals surface area contributed by atoms with Crippen molar-refractivity contribution in [3.05, 3.63) is 23.8 Å². The summed E-state index contributed by atoms with van der Waals surface area (Å²) in [6.07, 6.45) is -4.16. The Morgan fingerprint density at radius 3 is 2.74 bits per heavy atom. The molecule has 1 heterocycles. The minimum Gasteiger partial charge on any atom is -0.490 e. The van der Waals surface area contributed by atoms with E-state index in [2.05, 4.69) is 5.32 Å². The Labute approximate surface area is 109 Å². The third-order valence-electron chi connectivity index (χ3n) is 2.75. The van der Waals surface area contributed by atoms with Crippen molar-refractivity contribution in [1.82, 2.24) is 5.32 Å². The molecule has 0 fully saturated rings. The maximum Gasteiger partial charge on any atom is 0.390 e. The van der Waals surface area contributed by atoms with Gasteiger partial charge in [-0.25, -0.2) is 0 Å². The topological polar surface area (TPSA) is 30.5 Å². The SMILES string of the molecule is FC(F)(F)CCNCc1cccc2c1OCCCO2. The van der Waals surface area contributed by atoms with Crippen LogP contribution < -0.4 is 14.8 Å². The zero-order valence-electron chi connectivity index (χ0n) is 10.4. The summed E-state index contributed by atoms with van der Waals surface area (Å²) < 4.78 is 47.2. The van der Waals surface area contributed by atoms with Crippen LogP contribution in [0.25, 0.3) is 0 Å². The summed E-state index contributed by atoms with van der Waals surface area (Å²) in [6, 6.07) is 5.45. The monoisotopic (exact) mass is 275 g/mol. The number of halogens is 3. The molecule has 3 nitrogen and oxygen atoms in total. The van der Waals surface area contributed by atoms with Crippen LogP contribution in [0.2, 0.25) is 0 Å². The maximum atomic E-state index is 12.0. The minimum absolute atomic E-state index is 0.103. The number of rotatable bonds is 4. The van der Waals surface area contributed by atoms with Crippen LogP contribution >= 0.6 is 0 Å². The Kier molecular flexibility index (Phi) is 4.52. The molecule has 0 amide bonds. The van der Waals surface area contributed by atoms with Gasteiger partial charge in [0.1, 0.15) is 0 Å². The Hall–Kier alpha value is -1.43. The normalized spacial score (nSPS) is 15.1. The number of para-hydroxylation sites is 1. The molecule has 1 aliphatic heterocycles. The number of benzene rings is 1. The molecule has 19 heavy (non-hydrogen) atoms. The van der Waals surface area contributed by atoms with Crippen molar-refractivity contribution in [3.63, 3.8) is 0 Å². The predicted molar refractivity (Wildman–Crippen MR) is 64.4 cm³/mol. The fourth-order valence-corrected chi connectivity index (χ4v) is 1.85. The molecule has 0 saturated carbocycles. The highest BCUT2D eigenvalue weighted by molar-refractivity contribution is 5.46. The standard InChI is InChI=1S/C13H16F3NO2/c14-13(15,16)5-6-17-9-10-3-1-4-11-12(10)19-8-2-7-18-11/h1,3-4,17H,2,5-9H2. The first-order chi connectivity index (χ1) is 9.06. The first-order valence-corrected chi connectivity index (χ1v) is 6.21. The van der Waals surface area contributed by atoms with E-state index >= 15 is 0 Å². The molecular weight excluding hydrogens is 259 g/mol. The third-order valence-corrected chi connectivity index (χ3v) is 2.75. The number of ether oxygens (including phenoxy) is 2. The molecule has 0 unspecified atom stereocenters. The lowest BCUT2D eigenvalue weighted by molar-refractivity contribution is -0.133. The van der Waals surface area contributed by atoms with E-state index in [9.17, 15) is 13.2 Å². The molecule has 1 aliphatic rings. The highest BCUT2D eigenvalue weighted by Crippen LogP contribution is 2.33. The van der Waals surface area contributed by atoms with E-state index in [0.717, 1.165) is 12.0 Å². The van der Waals surface area contributed by atoms with Gasteiger partial charge in [-0.15, -0.1) is 0 Å². The average Bonchev–Trinajstić information content (AvgIpc) is 2.59. The third kappa shape index (κ3) is 4.31. The van der Waals surface area contributed by atoms with Gasteiger partial charge in [-0.2, -0.15) is 13.2 Å². The van der Waals surface area contributed by atoms with Gasteiger partial charge in [-0.1, -0.05) is 12.1 Å². The van der Waals surface area contributed by atoms with Crippen LogP contribution in [0, 0.1) is 0 Å². The Morgan fingerprint density at radius 2 is 1.95 bits per heavy atom. The van der Waals surface area contributed by atoms with Crippen LogP contribution in [0.15, 0.2) is 18.2 Å². The van der Waals surface area contributed by atoms with Gasteiger partial charge in [-0.3, -0.25) is 0 Å². The molecule has 0 saturated heterocycles. The zero-order valence-corrected chi connectivity index (χ0v) is 10.4. The number of alkyl halides is 3. The first kappa shape index (κ1) is 14.0. The Bertz CT molecular complexity index is 421. The van der Waals surface area contributed by atoms with Gasteiger partial charge >= 0.3 is 6.18 Å². The molecule has 1 aromatic carbocycles. The second kappa shape index (κ2) is 6.14. The second-order valence-corrected chi connectivity index (χ2v) is 4.34. The van der Waals surface area contributed by atoms with Crippen LogP contribution in [0.3, 0.4) is 0 Å². The second-order valence-electron chi connectivity index (χ2n) is 4.34. The summed E-state index contributed by atoms with van der Waals surface area (Å²) in [5, 5.41) is 2.77. The molecule has 1 aromatic rings. The number of fused-ring (bicyclic) bond motifs is 1. The van der Waals surface area contributed by atoms with Crippen molar-refractivity contribution in [1.29, 1.82) is 0 Å². The van der Waals surface area contributed by atoms with Crippen molar-refractivity contribution in [2.45, 2.75) is 25.6 Å². The van der Waals surface area contributed by atoms with Crippen LogP contribution in [0.5, 0.6) is 11.5 Å². The predicted octanol–water partition coefficient (Wildman–Crippen LogP) is 2.89. The van der Waals surface area contributed by atoms with E-state index < -0.39 is 12.6 Å². The van der Waals surface area contributed by atoms with E-state index in [4.69, 9.17) is 9.47 Å². The molecule has 0 atom stereocenters. The maximum absolute atomic E-state index is 12.0. The van der Waals surface area contributed by atoms with Crippen molar-refractivity contribution in [2.75, 3.05) is 19.8 Å². The van der Waals surface area contributed by atoms with Crippen LogP contribution in [-0.2, 0) is 6.54 Å². The summed E-state index contributed by atoms with van der Waals surface area (Å²) in [5.41, 5.74) is 0.821. The van der Waals surface area contributed by atoms with E-state index in [1.54, 1.807) is 6.07 Å². The number of hydrogen-bond acceptors (Lipinski definition) is 3. The van der Waals surface area contributed by atoms with Crippen LogP contribution in [0.4, 0.5) is 13.2 Å². The quantitative estimate of drug-likeness (QED) is 0.857. The molecule has 106 valence electrons. The van der Waals surface area contributed by atoms with Crippen molar-refractivity contribution in [2.24, 2.45) is 0 Å². The van der Waals surface area contributed by atoms with Gasteiger partial charge in [0.25, 0.3) is 0 Å². The molecule has 1 N–H and O–H groups in total. The first-order valence-electron chi connectivity index (χ1n) is 6.21.